The van der Waals surface area contributed by atoms with Crippen molar-refractivity contribution in [3.8, 4) is 11.3 Å². The molecule has 1 aliphatic rings. The van der Waals surface area contributed by atoms with E-state index in [4.69, 9.17) is 4.42 Å². The first-order valence-corrected chi connectivity index (χ1v) is 10.6. The van der Waals surface area contributed by atoms with Crippen molar-refractivity contribution in [3.63, 3.8) is 0 Å². The number of carbonyl (C=O) groups excluding carboxylic acids is 2. The van der Waals surface area contributed by atoms with Crippen LogP contribution in [0.4, 0.5) is 4.79 Å². The van der Waals surface area contributed by atoms with Gasteiger partial charge in [0.15, 0.2) is 0 Å². The van der Waals surface area contributed by atoms with Crippen molar-refractivity contribution in [1.29, 1.82) is 0 Å². The monoisotopic (exact) mass is 463 g/mol. The van der Waals surface area contributed by atoms with E-state index in [1.54, 1.807) is 6.07 Å². The molecule has 8 nitrogen and oxygen atoms in total. The van der Waals surface area contributed by atoms with Crippen LogP contribution in [0.2, 0.25) is 0 Å². The van der Waals surface area contributed by atoms with Crippen molar-refractivity contribution in [2.24, 2.45) is 0 Å². The number of thioether (sulfide) groups is 1. The molecule has 0 spiro atoms. The van der Waals surface area contributed by atoms with Gasteiger partial charge in [0.05, 0.1) is 22.6 Å². The molecule has 2 amide bonds. The Hall–Kier alpha value is -4.11. The Kier molecular flexibility index (Phi) is 5.89. The van der Waals surface area contributed by atoms with Gasteiger partial charge in [-0.05, 0) is 60.1 Å². The van der Waals surface area contributed by atoms with E-state index in [0.717, 1.165) is 33.9 Å². The van der Waals surface area contributed by atoms with Gasteiger partial charge in [-0.1, -0.05) is 24.3 Å². The highest BCUT2D eigenvalue weighted by Gasteiger charge is 2.35. The second-order valence-corrected chi connectivity index (χ2v) is 8.30. The van der Waals surface area contributed by atoms with E-state index < -0.39 is 17.8 Å². The van der Waals surface area contributed by atoms with E-state index >= 15 is 0 Å². The summed E-state index contributed by atoms with van der Waals surface area (Å²) in [4.78, 5) is 49.2. The smallest absolute Gasteiger partial charge is 0.335 e. The van der Waals surface area contributed by atoms with E-state index in [1.165, 1.54) is 24.3 Å². The third-order valence-corrected chi connectivity index (χ3v) is 5.98. The van der Waals surface area contributed by atoms with Crippen molar-refractivity contribution >= 4 is 40.9 Å². The molecule has 0 saturated carbocycles. The Morgan fingerprint density at radius 2 is 1.67 bits per heavy atom. The molecule has 1 aromatic heterocycles. The zero-order valence-electron chi connectivity index (χ0n) is 17.3. The maximum atomic E-state index is 12.8. The van der Waals surface area contributed by atoms with Crippen LogP contribution in [0.25, 0.3) is 17.4 Å². The van der Waals surface area contributed by atoms with E-state index in [2.05, 4.69) is 0 Å². The van der Waals surface area contributed by atoms with Crippen molar-refractivity contribution < 1.29 is 33.8 Å². The predicted octanol–water partition coefficient (Wildman–Crippen LogP) is 4.89. The quantitative estimate of drug-likeness (QED) is 0.495. The Morgan fingerprint density at radius 1 is 1.00 bits per heavy atom. The van der Waals surface area contributed by atoms with Crippen LogP contribution in [0.3, 0.4) is 0 Å². The summed E-state index contributed by atoms with van der Waals surface area (Å²) < 4.78 is 5.70. The minimum atomic E-state index is -1.27. The van der Waals surface area contributed by atoms with Crippen LogP contribution in [-0.2, 0) is 11.3 Å². The first kappa shape index (κ1) is 22.1. The Morgan fingerprint density at radius 3 is 2.30 bits per heavy atom. The van der Waals surface area contributed by atoms with Crippen LogP contribution in [0.1, 0.15) is 37.6 Å². The molecule has 0 aliphatic carbocycles. The Balaban J connectivity index is 1.60. The summed E-state index contributed by atoms with van der Waals surface area (Å²) in [5.74, 6) is -2.48. The van der Waals surface area contributed by atoms with Gasteiger partial charge < -0.3 is 14.6 Å². The molecular weight excluding hydrogens is 446 g/mol. The Labute approximate surface area is 192 Å². The van der Waals surface area contributed by atoms with Crippen LogP contribution < -0.4 is 0 Å². The molecule has 0 atom stereocenters. The van der Waals surface area contributed by atoms with Crippen LogP contribution in [0.15, 0.2) is 63.9 Å². The largest absolute Gasteiger partial charge is 0.478 e. The minimum absolute atomic E-state index is 0.165. The number of carbonyl (C=O) groups is 4. The van der Waals surface area contributed by atoms with E-state index in [-0.39, 0.29) is 44.9 Å². The highest BCUT2D eigenvalue weighted by molar-refractivity contribution is 8.18. The fraction of sp³-hybridized carbons (Fsp3) is 0.0833. The van der Waals surface area contributed by atoms with Gasteiger partial charge in [-0.25, -0.2) is 9.59 Å². The summed E-state index contributed by atoms with van der Waals surface area (Å²) in [6.45, 7) is 2.07. The number of imide groups is 1. The molecular formula is C24H17NO7S. The normalized spacial score (nSPS) is 14.8. The highest BCUT2D eigenvalue weighted by Crippen LogP contribution is 2.34. The molecule has 1 fully saturated rings. The second-order valence-electron chi connectivity index (χ2n) is 7.31. The highest BCUT2D eigenvalue weighted by atomic mass is 32.2. The lowest BCUT2D eigenvalue weighted by Gasteiger charge is -2.14. The van der Waals surface area contributed by atoms with Gasteiger partial charge in [0.2, 0.25) is 0 Å². The molecule has 1 saturated heterocycles. The van der Waals surface area contributed by atoms with Crippen LogP contribution in [-0.4, -0.2) is 38.2 Å². The molecule has 4 rings (SSSR count). The molecule has 166 valence electrons. The maximum Gasteiger partial charge on any atom is 0.335 e. The van der Waals surface area contributed by atoms with E-state index in [1.807, 2.05) is 31.2 Å². The van der Waals surface area contributed by atoms with Gasteiger partial charge >= 0.3 is 11.9 Å². The van der Waals surface area contributed by atoms with E-state index in [0.29, 0.717) is 0 Å². The number of carboxylic acid groups (broad SMARTS) is 2. The number of hydrogen-bond donors (Lipinski definition) is 2. The van der Waals surface area contributed by atoms with Crippen molar-refractivity contribution in [2.45, 2.75) is 13.5 Å². The summed E-state index contributed by atoms with van der Waals surface area (Å²) in [7, 11) is 0. The number of carboxylic acids is 2. The minimum Gasteiger partial charge on any atom is -0.478 e. The summed E-state index contributed by atoms with van der Waals surface area (Å²) in [5, 5.41) is 18.1. The fourth-order valence-corrected chi connectivity index (χ4v) is 4.14. The van der Waals surface area contributed by atoms with Gasteiger partial charge in [-0.3, -0.25) is 14.5 Å². The van der Waals surface area contributed by atoms with Gasteiger partial charge in [-0.2, -0.15) is 0 Å². The molecule has 2 heterocycles. The number of benzene rings is 2. The third kappa shape index (κ3) is 4.58. The zero-order chi connectivity index (χ0) is 23.7. The molecule has 2 N–H and O–H groups in total. The average molecular weight is 463 g/mol. The van der Waals surface area contributed by atoms with Crippen molar-refractivity contribution in [3.05, 3.63) is 87.5 Å². The molecule has 0 radical (unpaired) electrons. The molecule has 2 aromatic carbocycles. The lowest BCUT2D eigenvalue weighted by Crippen LogP contribution is -2.27. The molecule has 33 heavy (non-hydrogen) atoms. The third-order valence-electron chi connectivity index (χ3n) is 5.07. The standard InChI is InChI=1S/C24H17NO7S/c1-13-4-2-3-5-14(13)12-25-21(26)20(33-24(25)31)11-18-6-7-19(32-18)15-8-16(22(27)28)10-17(9-15)23(29)30/h2-11H,12H2,1H3,(H,27,28)(H,29,30)/b20-11-. The lowest BCUT2D eigenvalue weighted by atomic mass is 10.0. The summed E-state index contributed by atoms with van der Waals surface area (Å²) in [6.07, 6.45) is 1.44. The summed E-state index contributed by atoms with van der Waals surface area (Å²) >= 11 is 0.803. The van der Waals surface area contributed by atoms with Crippen LogP contribution >= 0.6 is 11.8 Å². The maximum absolute atomic E-state index is 12.8. The van der Waals surface area contributed by atoms with Crippen LogP contribution in [0, 0.1) is 6.92 Å². The number of furan rings is 1. The number of aromatic carboxylic acids is 2. The number of nitrogens with zero attached hydrogens (tertiary/aromatic N) is 1. The van der Waals surface area contributed by atoms with Gasteiger partial charge in [0.1, 0.15) is 11.5 Å². The lowest BCUT2D eigenvalue weighted by molar-refractivity contribution is -0.123. The molecule has 0 bridgehead atoms. The van der Waals surface area contributed by atoms with Gasteiger partial charge in [0, 0.05) is 11.6 Å². The first-order valence-electron chi connectivity index (χ1n) is 9.74. The van der Waals surface area contributed by atoms with Crippen LogP contribution in [0.5, 0.6) is 0 Å². The second kappa shape index (κ2) is 8.79. The molecule has 9 heteroatoms. The Bertz CT molecular complexity index is 1310. The number of rotatable bonds is 6. The fourth-order valence-electron chi connectivity index (χ4n) is 3.33. The van der Waals surface area contributed by atoms with E-state index in [9.17, 15) is 29.4 Å². The number of aryl methyl sites for hydroxylation is 1. The number of hydrogen-bond acceptors (Lipinski definition) is 6. The number of amides is 2. The summed E-state index contributed by atoms with van der Waals surface area (Å²) in [6, 6.07) is 14.2. The van der Waals surface area contributed by atoms with Gasteiger partial charge in [-0.15, -0.1) is 0 Å². The average Bonchev–Trinajstić information content (AvgIpc) is 3.35. The van der Waals surface area contributed by atoms with Crippen molar-refractivity contribution in [1.82, 2.24) is 4.90 Å². The summed E-state index contributed by atoms with van der Waals surface area (Å²) in [5.41, 5.74) is 1.72. The molecule has 3 aromatic rings. The topological polar surface area (TPSA) is 125 Å². The predicted molar refractivity (Wildman–Crippen MR) is 121 cm³/mol. The van der Waals surface area contributed by atoms with Crippen molar-refractivity contribution in [2.75, 3.05) is 0 Å². The molecule has 0 unspecified atom stereocenters. The molecule has 1 aliphatic heterocycles. The first-order chi connectivity index (χ1) is 15.7. The zero-order valence-corrected chi connectivity index (χ0v) is 18.1. The van der Waals surface area contributed by atoms with Gasteiger partial charge in [0.25, 0.3) is 11.1 Å². The SMILES string of the molecule is Cc1ccccc1CN1C(=O)S/C(=C\c2ccc(-c3cc(C(=O)O)cc(C(=O)O)c3)o2)C1=O.